The van der Waals surface area contributed by atoms with Gasteiger partial charge in [0.15, 0.2) is 0 Å². The summed E-state index contributed by atoms with van der Waals surface area (Å²) in [6.07, 6.45) is 2.81. The first-order valence-electron chi connectivity index (χ1n) is 12.1. The summed E-state index contributed by atoms with van der Waals surface area (Å²) in [5.41, 5.74) is 4.73. The van der Waals surface area contributed by atoms with Gasteiger partial charge in [-0.05, 0) is 53.0 Å². The van der Waals surface area contributed by atoms with Gasteiger partial charge in [-0.15, -0.1) is 0 Å². The summed E-state index contributed by atoms with van der Waals surface area (Å²) < 4.78 is 25.5. The number of rotatable bonds is 4. The molecular formula is C28H26FN3O4. The van der Waals surface area contributed by atoms with E-state index in [2.05, 4.69) is 10.2 Å². The molecule has 0 spiro atoms. The lowest BCUT2D eigenvalue weighted by Crippen LogP contribution is -2.40. The second kappa shape index (κ2) is 9.37. The second-order valence-corrected chi connectivity index (χ2v) is 9.48. The van der Waals surface area contributed by atoms with E-state index in [0.29, 0.717) is 36.3 Å². The Bertz CT molecular complexity index is 1340. The molecule has 0 aliphatic carbocycles. The van der Waals surface area contributed by atoms with Crippen molar-refractivity contribution in [1.82, 2.24) is 4.90 Å². The molecule has 7 nitrogen and oxygen atoms in total. The maximum Gasteiger partial charge on any atom is 0.292 e. The summed E-state index contributed by atoms with van der Waals surface area (Å²) in [7, 11) is 0. The Morgan fingerprint density at radius 3 is 2.86 bits per heavy atom. The van der Waals surface area contributed by atoms with Crippen molar-refractivity contribution in [2.75, 3.05) is 31.6 Å². The quantitative estimate of drug-likeness (QED) is 0.408. The molecule has 0 amide bonds. The zero-order valence-electron chi connectivity index (χ0n) is 19.7. The Morgan fingerprint density at radius 2 is 2.00 bits per heavy atom. The second-order valence-electron chi connectivity index (χ2n) is 9.48. The van der Waals surface area contributed by atoms with E-state index in [-0.39, 0.29) is 22.5 Å². The number of morpholine rings is 1. The molecule has 8 heteroatoms. The molecule has 2 saturated heterocycles. The highest BCUT2D eigenvalue weighted by Gasteiger charge is 2.35. The lowest BCUT2D eigenvalue weighted by atomic mass is 9.92. The van der Waals surface area contributed by atoms with Crippen molar-refractivity contribution < 1.29 is 18.8 Å². The largest absolute Gasteiger partial charge is 0.488 e. The van der Waals surface area contributed by atoms with Gasteiger partial charge < -0.3 is 14.8 Å². The molecule has 0 unspecified atom stereocenters. The zero-order valence-corrected chi connectivity index (χ0v) is 19.7. The normalized spacial score (nSPS) is 22.2. The molecule has 2 fully saturated rings. The molecular weight excluding hydrogens is 461 g/mol. The van der Waals surface area contributed by atoms with Crippen molar-refractivity contribution in [3.8, 4) is 5.75 Å². The van der Waals surface area contributed by atoms with E-state index < -0.39 is 0 Å². The number of benzene rings is 3. The third-order valence-electron chi connectivity index (χ3n) is 7.17. The van der Waals surface area contributed by atoms with Gasteiger partial charge in [-0.3, -0.25) is 15.0 Å². The summed E-state index contributed by atoms with van der Waals surface area (Å²) in [6, 6.07) is 18.1. The van der Waals surface area contributed by atoms with Crippen LogP contribution in [0.3, 0.4) is 0 Å². The summed E-state index contributed by atoms with van der Waals surface area (Å²) >= 11 is 0. The first-order chi connectivity index (χ1) is 17.5. The first-order valence-corrected chi connectivity index (χ1v) is 12.1. The number of halogens is 1. The van der Waals surface area contributed by atoms with Gasteiger partial charge >= 0.3 is 0 Å². The molecule has 0 bridgehead atoms. The van der Waals surface area contributed by atoms with E-state index in [1.165, 1.54) is 12.1 Å². The minimum absolute atomic E-state index is 0.0305. The van der Waals surface area contributed by atoms with Crippen LogP contribution in [-0.4, -0.2) is 48.2 Å². The van der Waals surface area contributed by atoms with Crippen LogP contribution in [0, 0.1) is 15.9 Å². The minimum atomic E-state index is -0.375. The third-order valence-corrected chi connectivity index (χ3v) is 7.17. The van der Waals surface area contributed by atoms with Crippen LogP contribution in [0.25, 0.3) is 11.6 Å². The van der Waals surface area contributed by atoms with Crippen molar-refractivity contribution in [3.05, 3.63) is 98.8 Å². The number of ether oxygens (including phenoxy) is 2. The highest BCUT2D eigenvalue weighted by molar-refractivity contribution is 5.95. The number of hydrogen-bond acceptors (Lipinski definition) is 6. The maximum absolute atomic E-state index is 14.0. The monoisotopic (exact) mass is 487 g/mol. The van der Waals surface area contributed by atoms with E-state index in [4.69, 9.17) is 9.47 Å². The van der Waals surface area contributed by atoms with E-state index in [9.17, 15) is 14.5 Å². The molecule has 3 heterocycles. The average Bonchev–Trinajstić information content (AvgIpc) is 3.23. The van der Waals surface area contributed by atoms with E-state index in [1.807, 2.05) is 36.4 Å². The van der Waals surface area contributed by atoms with Gasteiger partial charge in [-0.25, -0.2) is 4.39 Å². The van der Waals surface area contributed by atoms with Crippen LogP contribution in [-0.2, 0) is 11.3 Å². The smallest absolute Gasteiger partial charge is 0.292 e. The molecule has 0 aromatic heterocycles. The molecule has 184 valence electrons. The Balaban J connectivity index is 1.36. The lowest BCUT2D eigenvalue weighted by Gasteiger charge is -2.28. The van der Waals surface area contributed by atoms with Crippen molar-refractivity contribution in [2.24, 2.45) is 0 Å². The number of nitrogens with zero attached hydrogens (tertiary/aromatic N) is 2. The molecule has 0 radical (unpaired) electrons. The number of nitro benzene ring substituents is 1. The highest BCUT2D eigenvalue weighted by atomic mass is 19.1. The van der Waals surface area contributed by atoms with Crippen molar-refractivity contribution in [3.63, 3.8) is 0 Å². The first kappa shape index (κ1) is 22.7. The van der Waals surface area contributed by atoms with E-state index in [1.54, 1.807) is 18.2 Å². The Kier molecular flexibility index (Phi) is 5.91. The van der Waals surface area contributed by atoms with E-state index in [0.717, 1.165) is 48.4 Å². The van der Waals surface area contributed by atoms with Crippen LogP contribution >= 0.6 is 0 Å². The SMILES string of the molecule is O=[N+]([O-])c1cc(/C=C2\c3ccccc3COc3cc(F)ccc32)ccc1N[C@@H]1C[C@@H]2COCCN2C1. The number of nitro groups is 1. The summed E-state index contributed by atoms with van der Waals surface area (Å²) in [4.78, 5) is 14.1. The Hall–Kier alpha value is -3.75. The Morgan fingerprint density at radius 1 is 1.11 bits per heavy atom. The summed E-state index contributed by atoms with van der Waals surface area (Å²) in [6.45, 7) is 3.51. The fourth-order valence-electron chi connectivity index (χ4n) is 5.44. The fraction of sp³-hybridized carbons (Fsp3) is 0.286. The van der Waals surface area contributed by atoms with Crippen LogP contribution in [0.15, 0.2) is 60.7 Å². The van der Waals surface area contributed by atoms with Crippen LogP contribution in [0.1, 0.15) is 28.7 Å². The van der Waals surface area contributed by atoms with Crippen molar-refractivity contribution >= 4 is 23.0 Å². The lowest BCUT2D eigenvalue weighted by molar-refractivity contribution is -0.384. The van der Waals surface area contributed by atoms with Crippen LogP contribution in [0.2, 0.25) is 0 Å². The predicted octanol–water partition coefficient (Wildman–Crippen LogP) is 5.10. The zero-order chi connectivity index (χ0) is 24.6. The van der Waals surface area contributed by atoms with Gasteiger partial charge in [0, 0.05) is 42.9 Å². The van der Waals surface area contributed by atoms with Crippen molar-refractivity contribution in [2.45, 2.75) is 25.1 Å². The molecule has 3 aliphatic heterocycles. The standard InChI is InChI=1S/C28H26FN3O4/c29-20-6-7-24-25(23-4-2-1-3-19(23)16-36-28(24)13-20)11-18-5-8-26(27(12-18)32(33)34)30-21-14-22-17-35-10-9-31(22)15-21/h1-8,11-13,21-22,30H,9-10,14-17H2/b25-11+/t21-,22-/m1/s1. The van der Waals surface area contributed by atoms with Gasteiger partial charge in [0.2, 0.25) is 0 Å². The maximum atomic E-state index is 14.0. The van der Waals surface area contributed by atoms with Gasteiger partial charge in [0.1, 0.15) is 23.9 Å². The van der Waals surface area contributed by atoms with Gasteiger partial charge in [-0.1, -0.05) is 30.3 Å². The number of hydrogen-bond donors (Lipinski definition) is 1. The number of anilines is 1. The molecule has 3 aliphatic rings. The topological polar surface area (TPSA) is 76.9 Å². The average molecular weight is 488 g/mol. The number of nitrogens with one attached hydrogen (secondary N) is 1. The molecule has 3 aromatic carbocycles. The van der Waals surface area contributed by atoms with Gasteiger partial charge in [-0.2, -0.15) is 0 Å². The molecule has 3 aromatic rings. The fourth-order valence-corrected chi connectivity index (χ4v) is 5.44. The highest BCUT2D eigenvalue weighted by Crippen LogP contribution is 2.39. The molecule has 6 rings (SSSR count). The number of fused-ring (bicyclic) bond motifs is 3. The molecule has 0 saturated carbocycles. The van der Waals surface area contributed by atoms with Crippen LogP contribution in [0.4, 0.5) is 15.8 Å². The van der Waals surface area contributed by atoms with Crippen LogP contribution < -0.4 is 10.1 Å². The van der Waals surface area contributed by atoms with E-state index >= 15 is 0 Å². The third kappa shape index (κ3) is 4.34. The van der Waals surface area contributed by atoms with Crippen LogP contribution in [0.5, 0.6) is 5.75 Å². The summed E-state index contributed by atoms with van der Waals surface area (Å²) in [5, 5.41) is 15.4. The molecule has 36 heavy (non-hydrogen) atoms. The van der Waals surface area contributed by atoms with Gasteiger partial charge in [0.05, 0.1) is 18.1 Å². The Labute approximate surface area is 208 Å². The predicted molar refractivity (Wildman–Crippen MR) is 135 cm³/mol. The van der Waals surface area contributed by atoms with Crippen molar-refractivity contribution in [1.29, 1.82) is 0 Å². The minimum Gasteiger partial charge on any atom is -0.488 e. The molecule has 2 atom stereocenters. The summed E-state index contributed by atoms with van der Waals surface area (Å²) in [5.74, 6) is 0.0756. The molecule has 1 N–H and O–H groups in total. The van der Waals surface area contributed by atoms with Gasteiger partial charge in [0.25, 0.3) is 5.69 Å².